The van der Waals surface area contributed by atoms with Crippen LogP contribution in [0.4, 0.5) is 0 Å². The van der Waals surface area contributed by atoms with Crippen molar-refractivity contribution < 1.29 is 23.9 Å². The fraction of sp³-hybridized carbons (Fsp3) is 0.250. The molecule has 0 saturated heterocycles. The number of aryl methyl sites for hydroxylation is 1. The van der Waals surface area contributed by atoms with Crippen molar-refractivity contribution in [1.29, 1.82) is 0 Å². The highest BCUT2D eigenvalue weighted by Crippen LogP contribution is 2.24. The molecule has 1 aliphatic heterocycles. The Kier molecular flexibility index (Phi) is 5.42. The van der Waals surface area contributed by atoms with Gasteiger partial charge in [-0.25, -0.2) is 0 Å². The Bertz CT molecular complexity index is 1210. The number of rotatable bonds is 7. The highest BCUT2D eigenvalue weighted by Gasteiger charge is 2.35. The average molecular weight is 418 g/mol. The van der Waals surface area contributed by atoms with E-state index in [2.05, 4.69) is 4.98 Å². The third kappa shape index (κ3) is 3.86. The minimum atomic E-state index is -0.936. The molecule has 1 atom stereocenters. The van der Waals surface area contributed by atoms with Gasteiger partial charge in [0.05, 0.1) is 11.1 Å². The van der Waals surface area contributed by atoms with E-state index in [9.17, 15) is 19.2 Å². The predicted molar refractivity (Wildman–Crippen MR) is 114 cm³/mol. The molecule has 158 valence electrons. The van der Waals surface area contributed by atoms with Gasteiger partial charge in [-0.05, 0) is 38.5 Å². The number of ether oxygens (including phenoxy) is 1. The first-order valence-corrected chi connectivity index (χ1v) is 10.1. The lowest BCUT2D eigenvalue weighted by atomic mass is 10.1. The molecule has 0 saturated carbocycles. The number of nitrogens with zero attached hydrogens (tertiary/aromatic N) is 1. The number of carbonyl (C=O) groups excluding carboxylic acids is 4. The summed E-state index contributed by atoms with van der Waals surface area (Å²) in [5.74, 6) is -1.54. The largest absolute Gasteiger partial charge is 0.454 e. The molecule has 1 aliphatic rings. The summed E-state index contributed by atoms with van der Waals surface area (Å²) in [7, 11) is 0. The Balaban J connectivity index is 1.31. The van der Waals surface area contributed by atoms with Crippen molar-refractivity contribution in [3.63, 3.8) is 0 Å². The number of imide groups is 1. The van der Waals surface area contributed by atoms with E-state index in [1.54, 1.807) is 24.4 Å². The van der Waals surface area contributed by atoms with Crippen molar-refractivity contribution in [3.05, 3.63) is 70.9 Å². The van der Waals surface area contributed by atoms with Crippen molar-refractivity contribution in [2.24, 2.45) is 0 Å². The highest BCUT2D eigenvalue weighted by atomic mass is 16.5. The summed E-state index contributed by atoms with van der Waals surface area (Å²) < 4.78 is 5.29. The second-order valence-electron chi connectivity index (χ2n) is 7.66. The van der Waals surface area contributed by atoms with Gasteiger partial charge in [-0.1, -0.05) is 29.8 Å². The summed E-state index contributed by atoms with van der Waals surface area (Å²) in [5, 5.41) is 0.774. The average Bonchev–Trinajstić information content (AvgIpc) is 3.28. The fourth-order valence-electron chi connectivity index (χ4n) is 3.79. The first-order valence-electron chi connectivity index (χ1n) is 10.1. The van der Waals surface area contributed by atoms with Crippen LogP contribution in [0.25, 0.3) is 10.9 Å². The number of H-pyrrole nitrogens is 1. The van der Waals surface area contributed by atoms with E-state index in [4.69, 9.17) is 4.74 Å². The van der Waals surface area contributed by atoms with Crippen LogP contribution in [0, 0.1) is 6.92 Å². The first kappa shape index (κ1) is 20.5. The molecule has 0 radical (unpaired) electrons. The lowest BCUT2D eigenvalue weighted by molar-refractivity contribution is -0.146. The van der Waals surface area contributed by atoms with Crippen LogP contribution in [0.15, 0.2) is 48.7 Å². The second-order valence-corrected chi connectivity index (χ2v) is 7.66. The van der Waals surface area contributed by atoms with Crippen LogP contribution in [0.2, 0.25) is 0 Å². The Morgan fingerprint density at radius 3 is 2.61 bits per heavy atom. The molecule has 0 aliphatic carbocycles. The van der Waals surface area contributed by atoms with E-state index in [0.717, 1.165) is 21.4 Å². The van der Waals surface area contributed by atoms with Crippen LogP contribution < -0.4 is 0 Å². The monoisotopic (exact) mass is 418 g/mol. The van der Waals surface area contributed by atoms with Gasteiger partial charge < -0.3 is 9.72 Å². The van der Waals surface area contributed by atoms with Gasteiger partial charge in [-0.2, -0.15) is 0 Å². The van der Waals surface area contributed by atoms with Gasteiger partial charge >= 0.3 is 5.97 Å². The van der Waals surface area contributed by atoms with Gasteiger partial charge in [0.25, 0.3) is 11.8 Å². The number of nitrogens with one attached hydrogen (secondary N) is 1. The number of aromatic amines is 1. The summed E-state index contributed by atoms with van der Waals surface area (Å²) in [6.45, 7) is 3.51. The maximum Gasteiger partial charge on any atom is 0.306 e. The standard InChI is InChI=1S/C24H22N2O5/c1-14-9-10-17-18(12-14)24(30)26(23(17)29)11-5-8-21(27)31-15(2)22(28)19-13-25-20-7-4-3-6-16(19)20/h3-4,6-7,9-10,12-13,15,25H,5,8,11H2,1-2H3. The molecule has 0 spiro atoms. The number of benzene rings is 2. The molecule has 3 aromatic rings. The smallest absolute Gasteiger partial charge is 0.306 e. The first-order chi connectivity index (χ1) is 14.9. The normalized spacial score (nSPS) is 14.1. The lowest BCUT2D eigenvalue weighted by Crippen LogP contribution is -2.31. The van der Waals surface area contributed by atoms with Gasteiger partial charge in [0.2, 0.25) is 5.78 Å². The van der Waals surface area contributed by atoms with Crippen LogP contribution in [0.3, 0.4) is 0 Å². The topological polar surface area (TPSA) is 96.5 Å². The quantitative estimate of drug-likeness (QED) is 0.359. The molecule has 2 heterocycles. The molecule has 1 aromatic heterocycles. The van der Waals surface area contributed by atoms with Crippen LogP contribution in [0.5, 0.6) is 0 Å². The van der Waals surface area contributed by atoms with Crippen LogP contribution in [-0.2, 0) is 9.53 Å². The number of hydrogen-bond donors (Lipinski definition) is 1. The molecule has 7 nitrogen and oxygen atoms in total. The van der Waals surface area contributed by atoms with Gasteiger partial charge in [0, 0.05) is 35.6 Å². The molecule has 31 heavy (non-hydrogen) atoms. The Morgan fingerprint density at radius 2 is 1.81 bits per heavy atom. The Labute approximate surface area is 179 Å². The number of aromatic nitrogens is 1. The van der Waals surface area contributed by atoms with Crippen molar-refractivity contribution in [2.45, 2.75) is 32.8 Å². The van der Waals surface area contributed by atoms with Crippen molar-refractivity contribution >= 4 is 34.5 Å². The molecular weight excluding hydrogens is 396 g/mol. The van der Waals surface area contributed by atoms with Crippen LogP contribution in [0.1, 0.15) is 56.4 Å². The molecule has 1 unspecified atom stereocenters. The summed E-state index contributed by atoms with van der Waals surface area (Å²) in [5.41, 5.74) is 2.98. The fourth-order valence-corrected chi connectivity index (χ4v) is 3.79. The number of fused-ring (bicyclic) bond motifs is 2. The molecule has 2 aromatic carbocycles. The summed E-state index contributed by atoms with van der Waals surface area (Å²) in [6, 6.07) is 12.5. The molecule has 2 amide bonds. The number of carbonyl (C=O) groups is 4. The minimum Gasteiger partial charge on any atom is -0.454 e. The zero-order chi connectivity index (χ0) is 22.1. The van der Waals surface area contributed by atoms with Crippen molar-refractivity contribution in [2.75, 3.05) is 6.54 Å². The molecule has 0 bridgehead atoms. The van der Waals surface area contributed by atoms with Crippen LogP contribution >= 0.6 is 0 Å². The second kappa shape index (κ2) is 8.18. The summed E-state index contributed by atoms with van der Waals surface area (Å²) in [4.78, 5) is 54.0. The SMILES string of the molecule is Cc1ccc2c(c1)C(=O)N(CCCC(=O)OC(C)C(=O)c1c[nH]c3ccccc13)C2=O. The van der Waals surface area contributed by atoms with Gasteiger partial charge in [-0.3, -0.25) is 24.1 Å². The summed E-state index contributed by atoms with van der Waals surface area (Å²) in [6.07, 6.45) is 0.935. The van der Waals surface area contributed by atoms with E-state index < -0.39 is 12.1 Å². The zero-order valence-electron chi connectivity index (χ0n) is 17.3. The molecule has 7 heteroatoms. The number of ketones is 1. The number of Topliss-reactive ketones (excluding diaryl/α,β-unsaturated/α-hetero) is 1. The van der Waals surface area contributed by atoms with Gasteiger partial charge in [0.1, 0.15) is 0 Å². The van der Waals surface area contributed by atoms with E-state index in [1.807, 2.05) is 31.2 Å². The van der Waals surface area contributed by atoms with E-state index in [0.29, 0.717) is 16.7 Å². The number of esters is 1. The van der Waals surface area contributed by atoms with Gasteiger partial charge in [-0.15, -0.1) is 0 Å². The van der Waals surface area contributed by atoms with Crippen LogP contribution in [-0.4, -0.2) is 46.1 Å². The Morgan fingerprint density at radius 1 is 1.06 bits per heavy atom. The molecule has 1 N–H and O–H groups in total. The van der Waals surface area contributed by atoms with E-state index >= 15 is 0 Å². The lowest BCUT2D eigenvalue weighted by Gasteiger charge is -2.15. The van der Waals surface area contributed by atoms with Gasteiger partial charge in [0.15, 0.2) is 6.10 Å². The zero-order valence-corrected chi connectivity index (χ0v) is 17.3. The number of hydrogen-bond acceptors (Lipinski definition) is 5. The van der Waals surface area contributed by atoms with E-state index in [1.165, 1.54) is 6.92 Å². The maximum absolute atomic E-state index is 12.7. The van der Waals surface area contributed by atoms with E-state index in [-0.39, 0.29) is 37.0 Å². The number of para-hydroxylation sites is 1. The number of amides is 2. The molecule has 4 rings (SSSR count). The summed E-state index contributed by atoms with van der Waals surface area (Å²) >= 11 is 0. The molecule has 0 fully saturated rings. The third-order valence-corrected chi connectivity index (χ3v) is 5.42. The Hall–Kier alpha value is -3.74. The highest BCUT2D eigenvalue weighted by molar-refractivity contribution is 6.21. The third-order valence-electron chi connectivity index (χ3n) is 5.42. The maximum atomic E-state index is 12.7. The van der Waals surface area contributed by atoms with Crippen molar-refractivity contribution in [1.82, 2.24) is 9.88 Å². The predicted octanol–water partition coefficient (Wildman–Crippen LogP) is 3.67. The van der Waals surface area contributed by atoms with Crippen molar-refractivity contribution in [3.8, 4) is 0 Å². The molecular formula is C24H22N2O5. The minimum absolute atomic E-state index is 0.00205.